The number of H-pyrrole nitrogens is 1. The molecule has 6 nitrogen and oxygen atoms in total. The molecule has 29 heavy (non-hydrogen) atoms. The molecule has 1 N–H and O–H groups in total. The van der Waals surface area contributed by atoms with E-state index in [1.54, 1.807) is 29.2 Å². The molecular formula is C21H24FN5OSi. The van der Waals surface area contributed by atoms with Gasteiger partial charge in [-0.15, -0.1) is 5.10 Å². The fourth-order valence-corrected chi connectivity index (χ4v) is 3.71. The maximum absolute atomic E-state index is 14.1. The van der Waals surface area contributed by atoms with E-state index in [1.807, 2.05) is 18.2 Å². The molecule has 0 aliphatic rings. The molecule has 0 spiro atoms. The van der Waals surface area contributed by atoms with Crippen molar-refractivity contribution in [1.82, 2.24) is 24.7 Å². The minimum absolute atomic E-state index is 0.304. The van der Waals surface area contributed by atoms with Gasteiger partial charge in [0.1, 0.15) is 24.7 Å². The van der Waals surface area contributed by atoms with Crippen molar-refractivity contribution < 1.29 is 9.13 Å². The van der Waals surface area contributed by atoms with Gasteiger partial charge < -0.3 is 9.72 Å². The van der Waals surface area contributed by atoms with Gasteiger partial charge in [0, 0.05) is 20.2 Å². The lowest BCUT2D eigenvalue weighted by molar-refractivity contribution is 0.0785. The Balaban J connectivity index is 1.50. The van der Waals surface area contributed by atoms with Crippen LogP contribution in [-0.2, 0) is 11.5 Å². The number of aromatic nitrogens is 5. The van der Waals surface area contributed by atoms with E-state index in [9.17, 15) is 4.39 Å². The lowest BCUT2D eigenvalue weighted by Crippen LogP contribution is -2.22. The summed E-state index contributed by atoms with van der Waals surface area (Å²) in [6.07, 6.45) is 1.67. The summed E-state index contributed by atoms with van der Waals surface area (Å²) in [7, 11) is -1.10. The molecule has 0 aliphatic heterocycles. The first-order chi connectivity index (χ1) is 13.9. The zero-order valence-electron chi connectivity index (χ0n) is 16.8. The summed E-state index contributed by atoms with van der Waals surface area (Å²) >= 11 is 0. The SMILES string of the molecule is C[Si](C)(C)CCOCn1cnc(-c2ccc3nc(-c4ccccc4F)[nH]c3c2)n1. The number of nitrogens with one attached hydrogen (secondary N) is 1. The molecule has 2 heterocycles. The van der Waals surface area contributed by atoms with E-state index in [1.165, 1.54) is 6.07 Å². The van der Waals surface area contributed by atoms with Crippen LogP contribution in [-0.4, -0.2) is 39.4 Å². The first-order valence-electron chi connectivity index (χ1n) is 9.61. The summed E-state index contributed by atoms with van der Waals surface area (Å²) in [5, 5.41) is 4.50. The van der Waals surface area contributed by atoms with Gasteiger partial charge in [0.15, 0.2) is 5.82 Å². The molecule has 2 aromatic heterocycles. The molecule has 0 atom stereocenters. The molecule has 4 aromatic rings. The smallest absolute Gasteiger partial charge is 0.181 e. The predicted octanol–water partition coefficient (Wildman–Crippen LogP) is 4.94. The number of nitrogens with zero attached hydrogens (tertiary/aromatic N) is 4. The number of hydrogen-bond donors (Lipinski definition) is 1. The van der Waals surface area contributed by atoms with E-state index in [-0.39, 0.29) is 5.82 Å². The summed E-state index contributed by atoms with van der Waals surface area (Å²) in [5.41, 5.74) is 2.88. The molecule has 4 rings (SSSR count). The number of ether oxygens (including phenoxy) is 1. The second kappa shape index (κ2) is 7.88. The predicted molar refractivity (Wildman–Crippen MR) is 115 cm³/mol. The van der Waals surface area contributed by atoms with E-state index in [4.69, 9.17) is 4.74 Å². The van der Waals surface area contributed by atoms with Crippen LogP contribution in [0.25, 0.3) is 33.8 Å². The van der Waals surface area contributed by atoms with Crippen LogP contribution < -0.4 is 0 Å². The monoisotopic (exact) mass is 409 g/mol. The van der Waals surface area contributed by atoms with Crippen molar-refractivity contribution in [2.45, 2.75) is 32.4 Å². The van der Waals surface area contributed by atoms with Crippen LogP contribution in [0.2, 0.25) is 25.7 Å². The Hall–Kier alpha value is -2.84. The normalized spacial score (nSPS) is 12.0. The highest BCUT2D eigenvalue weighted by molar-refractivity contribution is 6.76. The molecule has 0 saturated carbocycles. The van der Waals surface area contributed by atoms with Crippen molar-refractivity contribution in [2.24, 2.45) is 0 Å². The molecule has 0 fully saturated rings. The second-order valence-corrected chi connectivity index (χ2v) is 13.9. The molecular weight excluding hydrogens is 385 g/mol. The zero-order chi connectivity index (χ0) is 20.4. The van der Waals surface area contributed by atoms with Crippen molar-refractivity contribution >= 4 is 19.1 Å². The topological polar surface area (TPSA) is 68.6 Å². The number of imidazole rings is 1. The summed E-state index contributed by atoms with van der Waals surface area (Å²) < 4.78 is 21.5. The number of rotatable bonds is 7. The Morgan fingerprint density at radius 2 is 1.97 bits per heavy atom. The van der Waals surface area contributed by atoms with Crippen LogP contribution in [0.1, 0.15) is 0 Å². The minimum Gasteiger partial charge on any atom is -0.359 e. The maximum atomic E-state index is 14.1. The Morgan fingerprint density at radius 3 is 2.76 bits per heavy atom. The first kappa shape index (κ1) is 19.5. The third-order valence-corrected chi connectivity index (χ3v) is 6.33. The van der Waals surface area contributed by atoms with Crippen molar-refractivity contribution in [2.75, 3.05) is 6.61 Å². The molecule has 0 saturated heterocycles. The van der Waals surface area contributed by atoms with Crippen LogP contribution in [0, 0.1) is 5.82 Å². The Bertz CT molecular complexity index is 1130. The van der Waals surface area contributed by atoms with Gasteiger partial charge in [-0.1, -0.05) is 31.8 Å². The maximum Gasteiger partial charge on any atom is 0.181 e. The number of benzene rings is 2. The molecule has 150 valence electrons. The Labute approximate surface area is 169 Å². The van der Waals surface area contributed by atoms with Crippen LogP contribution in [0.5, 0.6) is 0 Å². The van der Waals surface area contributed by atoms with Crippen LogP contribution in [0.3, 0.4) is 0 Å². The van der Waals surface area contributed by atoms with Crippen LogP contribution in [0.4, 0.5) is 4.39 Å². The quantitative estimate of drug-likeness (QED) is 0.347. The fourth-order valence-electron chi connectivity index (χ4n) is 2.96. The van der Waals surface area contributed by atoms with Crippen molar-refractivity contribution in [3.63, 3.8) is 0 Å². The van der Waals surface area contributed by atoms with E-state index in [0.29, 0.717) is 23.9 Å². The summed E-state index contributed by atoms with van der Waals surface area (Å²) in [6, 6.07) is 13.4. The molecule has 0 aliphatic carbocycles. The summed E-state index contributed by atoms with van der Waals surface area (Å²) in [5.74, 6) is 0.814. The van der Waals surface area contributed by atoms with E-state index < -0.39 is 8.07 Å². The van der Waals surface area contributed by atoms with Crippen molar-refractivity contribution in [3.05, 3.63) is 54.6 Å². The van der Waals surface area contributed by atoms with Crippen molar-refractivity contribution in [1.29, 1.82) is 0 Å². The van der Waals surface area contributed by atoms with E-state index in [0.717, 1.165) is 29.2 Å². The summed E-state index contributed by atoms with van der Waals surface area (Å²) in [6.45, 7) is 8.11. The Kier molecular flexibility index (Phi) is 5.29. The number of fused-ring (bicyclic) bond motifs is 1. The van der Waals surface area contributed by atoms with Gasteiger partial charge in [0.25, 0.3) is 0 Å². The highest BCUT2D eigenvalue weighted by atomic mass is 28.3. The number of hydrogen-bond acceptors (Lipinski definition) is 4. The molecule has 8 heteroatoms. The van der Waals surface area contributed by atoms with Gasteiger partial charge in [-0.25, -0.2) is 19.0 Å². The van der Waals surface area contributed by atoms with E-state index >= 15 is 0 Å². The lowest BCUT2D eigenvalue weighted by atomic mass is 10.2. The molecule has 0 unspecified atom stereocenters. The van der Waals surface area contributed by atoms with Gasteiger partial charge in [0.2, 0.25) is 0 Å². The molecule has 0 radical (unpaired) electrons. The standard InChI is InChI=1S/C21H24FN5OSi/c1-29(2,3)11-10-28-14-27-13-23-20(26-27)15-8-9-18-19(12-15)25-21(24-18)16-6-4-5-7-17(16)22/h4-9,12-13H,10-11,14H2,1-3H3,(H,24,25). The fraction of sp³-hybridized carbons (Fsp3) is 0.286. The number of aromatic amines is 1. The van der Waals surface area contributed by atoms with Gasteiger partial charge in [-0.2, -0.15) is 0 Å². The molecule has 0 amide bonds. The van der Waals surface area contributed by atoms with Gasteiger partial charge in [-0.05, 0) is 36.4 Å². The molecule has 2 aromatic carbocycles. The third kappa shape index (κ3) is 4.60. The highest BCUT2D eigenvalue weighted by Crippen LogP contribution is 2.25. The molecule has 0 bridgehead atoms. The van der Waals surface area contributed by atoms with Crippen LogP contribution in [0.15, 0.2) is 48.8 Å². The summed E-state index contributed by atoms with van der Waals surface area (Å²) in [4.78, 5) is 12.1. The van der Waals surface area contributed by atoms with E-state index in [2.05, 4.69) is 39.7 Å². The van der Waals surface area contributed by atoms with Crippen molar-refractivity contribution in [3.8, 4) is 22.8 Å². The van der Waals surface area contributed by atoms with Gasteiger partial charge in [-0.3, -0.25) is 0 Å². The van der Waals surface area contributed by atoms with Crippen LogP contribution >= 0.6 is 0 Å². The average Bonchev–Trinajstić information content (AvgIpc) is 3.31. The Morgan fingerprint density at radius 1 is 1.14 bits per heavy atom. The minimum atomic E-state index is -1.10. The average molecular weight is 410 g/mol. The first-order valence-corrected chi connectivity index (χ1v) is 13.3. The second-order valence-electron chi connectivity index (χ2n) is 8.25. The largest absolute Gasteiger partial charge is 0.359 e. The van der Waals surface area contributed by atoms with Gasteiger partial charge in [0.05, 0.1) is 16.6 Å². The van der Waals surface area contributed by atoms with Gasteiger partial charge >= 0.3 is 0 Å². The highest BCUT2D eigenvalue weighted by Gasteiger charge is 2.13. The lowest BCUT2D eigenvalue weighted by Gasteiger charge is -2.15. The number of halogens is 1. The zero-order valence-corrected chi connectivity index (χ0v) is 17.8. The third-order valence-electron chi connectivity index (χ3n) is 4.63.